The summed E-state index contributed by atoms with van der Waals surface area (Å²) in [7, 11) is 0. The van der Waals surface area contributed by atoms with Crippen molar-refractivity contribution in [3.8, 4) is 11.5 Å². The van der Waals surface area contributed by atoms with Gasteiger partial charge in [-0.05, 0) is 19.4 Å². The fourth-order valence-electron chi connectivity index (χ4n) is 2.63. The molecular weight excluding hydrogens is 276 g/mol. The van der Waals surface area contributed by atoms with Crippen LogP contribution < -0.4 is 10.2 Å². The third kappa shape index (κ3) is 3.57. The third-order valence-electron chi connectivity index (χ3n) is 3.73. The highest BCUT2D eigenvalue weighted by atomic mass is 15.2. The first-order valence-corrected chi connectivity index (χ1v) is 7.97. The average Bonchev–Trinajstić information content (AvgIpc) is 2.85. The molecule has 1 fully saturated rings. The Morgan fingerprint density at radius 3 is 2.95 bits per heavy atom. The minimum atomic E-state index is 0.672. The molecule has 2 aromatic heterocycles. The van der Waals surface area contributed by atoms with Gasteiger partial charge in [-0.2, -0.15) is 0 Å². The predicted octanol–water partition coefficient (Wildman–Crippen LogP) is 1.69. The van der Waals surface area contributed by atoms with E-state index in [4.69, 9.17) is 4.98 Å². The Kier molecular flexibility index (Phi) is 4.90. The second-order valence-electron chi connectivity index (χ2n) is 5.47. The number of anilines is 1. The van der Waals surface area contributed by atoms with Crippen LogP contribution >= 0.6 is 0 Å². The molecule has 6 nitrogen and oxygen atoms in total. The summed E-state index contributed by atoms with van der Waals surface area (Å²) in [5.41, 5.74) is 1.81. The topological polar surface area (TPSA) is 66.8 Å². The van der Waals surface area contributed by atoms with Crippen LogP contribution in [0.25, 0.3) is 11.5 Å². The van der Waals surface area contributed by atoms with E-state index in [0.717, 1.165) is 62.6 Å². The molecule has 0 amide bonds. The lowest BCUT2D eigenvalue weighted by Gasteiger charge is -2.22. The van der Waals surface area contributed by atoms with E-state index in [1.807, 2.05) is 0 Å². The van der Waals surface area contributed by atoms with Crippen LogP contribution in [0.5, 0.6) is 0 Å². The molecule has 2 aromatic rings. The van der Waals surface area contributed by atoms with E-state index in [1.54, 1.807) is 18.6 Å². The summed E-state index contributed by atoms with van der Waals surface area (Å²) in [6.07, 6.45) is 8.22. The van der Waals surface area contributed by atoms with E-state index in [1.165, 1.54) is 0 Å². The fraction of sp³-hybridized carbons (Fsp3) is 0.500. The number of aromatic nitrogens is 4. The molecule has 1 aliphatic rings. The van der Waals surface area contributed by atoms with Crippen LogP contribution in [-0.4, -0.2) is 46.1 Å². The molecule has 0 radical (unpaired) electrons. The second kappa shape index (κ2) is 7.26. The molecule has 0 aliphatic carbocycles. The summed E-state index contributed by atoms with van der Waals surface area (Å²) in [4.78, 5) is 20.2. The lowest BCUT2D eigenvalue weighted by atomic mass is 10.2. The van der Waals surface area contributed by atoms with Crippen molar-refractivity contribution in [2.24, 2.45) is 0 Å². The van der Waals surface area contributed by atoms with Crippen molar-refractivity contribution >= 4 is 5.82 Å². The highest BCUT2D eigenvalue weighted by Crippen LogP contribution is 2.19. The van der Waals surface area contributed by atoms with Crippen molar-refractivity contribution in [2.45, 2.75) is 26.2 Å². The molecular formula is C16H22N6. The largest absolute Gasteiger partial charge is 0.355 e. The number of nitrogens with zero attached hydrogens (tertiary/aromatic N) is 5. The van der Waals surface area contributed by atoms with Crippen molar-refractivity contribution in [3.63, 3.8) is 0 Å². The van der Waals surface area contributed by atoms with Gasteiger partial charge in [0.1, 0.15) is 11.5 Å². The molecule has 1 saturated heterocycles. The van der Waals surface area contributed by atoms with E-state index >= 15 is 0 Å². The molecule has 0 saturated carbocycles. The normalized spacial score (nSPS) is 15.6. The van der Waals surface area contributed by atoms with Crippen LogP contribution in [0.4, 0.5) is 5.82 Å². The van der Waals surface area contributed by atoms with Gasteiger partial charge in [0.05, 0.1) is 6.20 Å². The van der Waals surface area contributed by atoms with Gasteiger partial charge < -0.3 is 10.2 Å². The van der Waals surface area contributed by atoms with E-state index < -0.39 is 0 Å². The Hall–Kier alpha value is -2.08. The van der Waals surface area contributed by atoms with Gasteiger partial charge in [0.2, 0.25) is 0 Å². The molecule has 0 atom stereocenters. The molecule has 0 spiro atoms. The number of nitrogens with one attached hydrogen (secondary N) is 1. The van der Waals surface area contributed by atoms with Crippen LogP contribution in [0, 0.1) is 0 Å². The van der Waals surface area contributed by atoms with Crippen molar-refractivity contribution in [1.29, 1.82) is 0 Å². The Morgan fingerprint density at radius 1 is 1.18 bits per heavy atom. The number of aryl methyl sites for hydroxylation is 1. The maximum Gasteiger partial charge on any atom is 0.182 e. The lowest BCUT2D eigenvalue weighted by Crippen LogP contribution is -2.29. The summed E-state index contributed by atoms with van der Waals surface area (Å²) in [6.45, 7) is 6.23. The minimum absolute atomic E-state index is 0.672. The maximum absolute atomic E-state index is 4.74. The molecule has 1 N–H and O–H groups in total. The highest BCUT2D eigenvalue weighted by Gasteiger charge is 2.14. The van der Waals surface area contributed by atoms with Gasteiger partial charge in [0.25, 0.3) is 0 Å². The minimum Gasteiger partial charge on any atom is -0.355 e. The molecule has 22 heavy (non-hydrogen) atoms. The van der Waals surface area contributed by atoms with Crippen molar-refractivity contribution in [3.05, 3.63) is 30.4 Å². The third-order valence-corrected chi connectivity index (χ3v) is 3.73. The molecule has 0 bridgehead atoms. The summed E-state index contributed by atoms with van der Waals surface area (Å²) in [6, 6.07) is 2.12. The Labute approximate surface area is 131 Å². The quantitative estimate of drug-likeness (QED) is 0.926. The SMILES string of the molecule is CCCc1cc(N2CCCNCC2)nc(-c2cnccn2)n1. The van der Waals surface area contributed by atoms with Crippen molar-refractivity contribution in [1.82, 2.24) is 25.3 Å². The Bertz CT molecular complexity index is 593. The zero-order chi connectivity index (χ0) is 15.2. The molecule has 0 aromatic carbocycles. The molecule has 1 aliphatic heterocycles. The lowest BCUT2D eigenvalue weighted by molar-refractivity contribution is 0.724. The molecule has 6 heteroatoms. The van der Waals surface area contributed by atoms with Gasteiger partial charge in [-0.1, -0.05) is 13.3 Å². The number of rotatable bonds is 4. The van der Waals surface area contributed by atoms with Crippen LogP contribution in [0.1, 0.15) is 25.5 Å². The molecule has 3 rings (SSSR count). The first kappa shape index (κ1) is 14.8. The number of hydrogen-bond donors (Lipinski definition) is 1. The Balaban J connectivity index is 1.96. The highest BCUT2D eigenvalue weighted by molar-refractivity contribution is 5.53. The zero-order valence-corrected chi connectivity index (χ0v) is 13.0. The van der Waals surface area contributed by atoms with Gasteiger partial charge in [-0.15, -0.1) is 0 Å². The predicted molar refractivity (Wildman–Crippen MR) is 86.8 cm³/mol. The monoisotopic (exact) mass is 298 g/mol. The zero-order valence-electron chi connectivity index (χ0n) is 13.0. The van der Waals surface area contributed by atoms with E-state index in [0.29, 0.717) is 5.82 Å². The standard InChI is InChI=1S/C16H22N6/c1-2-4-13-11-15(22-9-3-5-17-8-10-22)21-16(20-13)14-12-18-6-7-19-14/h6-7,11-12,17H,2-5,8-10H2,1H3. The first-order valence-electron chi connectivity index (χ1n) is 7.97. The maximum atomic E-state index is 4.74. The van der Waals surface area contributed by atoms with Gasteiger partial charge >= 0.3 is 0 Å². The summed E-state index contributed by atoms with van der Waals surface area (Å²) >= 11 is 0. The summed E-state index contributed by atoms with van der Waals surface area (Å²) in [5.74, 6) is 1.68. The van der Waals surface area contributed by atoms with E-state index in [9.17, 15) is 0 Å². The van der Waals surface area contributed by atoms with Crippen molar-refractivity contribution in [2.75, 3.05) is 31.1 Å². The van der Waals surface area contributed by atoms with Gasteiger partial charge in [0, 0.05) is 43.8 Å². The van der Waals surface area contributed by atoms with Crippen molar-refractivity contribution < 1.29 is 0 Å². The molecule has 3 heterocycles. The molecule has 0 unspecified atom stereocenters. The first-order chi connectivity index (χ1) is 10.9. The van der Waals surface area contributed by atoms with Crippen LogP contribution in [0.3, 0.4) is 0 Å². The van der Waals surface area contributed by atoms with Crippen LogP contribution in [-0.2, 0) is 6.42 Å². The fourth-order valence-corrected chi connectivity index (χ4v) is 2.63. The molecule has 116 valence electrons. The summed E-state index contributed by atoms with van der Waals surface area (Å²) in [5, 5.41) is 3.43. The van der Waals surface area contributed by atoms with E-state index in [2.05, 4.69) is 38.2 Å². The second-order valence-corrected chi connectivity index (χ2v) is 5.47. The van der Waals surface area contributed by atoms with Crippen LogP contribution in [0.15, 0.2) is 24.7 Å². The average molecular weight is 298 g/mol. The number of hydrogen-bond acceptors (Lipinski definition) is 6. The smallest absolute Gasteiger partial charge is 0.182 e. The van der Waals surface area contributed by atoms with E-state index in [-0.39, 0.29) is 0 Å². The van der Waals surface area contributed by atoms with Crippen LogP contribution in [0.2, 0.25) is 0 Å². The van der Waals surface area contributed by atoms with Gasteiger partial charge in [-0.3, -0.25) is 4.98 Å². The van der Waals surface area contributed by atoms with Gasteiger partial charge in [0.15, 0.2) is 5.82 Å². The summed E-state index contributed by atoms with van der Waals surface area (Å²) < 4.78 is 0. The Morgan fingerprint density at radius 2 is 2.14 bits per heavy atom. The van der Waals surface area contributed by atoms with Gasteiger partial charge in [-0.25, -0.2) is 15.0 Å².